The Morgan fingerprint density at radius 1 is 0.818 bits per heavy atom. The summed E-state index contributed by atoms with van der Waals surface area (Å²) < 4.78 is 29.1. The lowest BCUT2D eigenvalue weighted by molar-refractivity contribution is -0.140. The Hall–Kier alpha value is -3.85. The number of carbonyl (C=O) groups excluding carboxylic acids is 2. The fourth-order valence-corrected chi connectivity index (χ4v) is 6.72. The molecule has 44 heavy (non-hydrogen) atoms. The number of benzene rings is 4. The first-order valence-corrected chi connectivity index (χ1v) is 16.4. The van der Waals surface area contributed by atoms with Gasteiger partial charge in [0.2, 0.25) is 11.8 Å². The maximum absolute atomic E-state index is 14.5. The van der Waals surface area contributed by atoms with Gasteiger partial charge in [0.05, 0.1) is 20.6 Å². The first-order chi connectivity index (χ1) is 21.0. The van der Waals surface area contributed by atoms with Crippen LogP contribution in [0.15, 0.2) is 108 Å². The molecule has 10 heteroatoms. The summed E-state index contributed by atoms with van der Waals surface area (Å²) in [4.78, 5) is 29.7. The van der Waals surface area contributed by atoms with E-state index < -0.39 is 28.5 Å². The monoisotopic (exact) mass is 651 g/mol. The number of aryl methyl sites for hydroxylation is 1. The molecule has 0 fully saturated rings. The summed E-state index contributed by atoms with van der Waals surface area (Å²) in [5, 5.41) is 3.08. The smallest absolute Gasteiger partial charge is 0.264 e. The van der Waals surface area contributed by atoms with Gasteiger partial charge in [-0.3, -0.25) is 13.9 Å². The van der Waals surface area contributed by atoms with E-state index in [1.807, 2.05) is 75.4 Å². The molecule has 1 atom stereocenters. The second-order valence-electron chi connectivity index (χ2n) is 10.7. The fourth-order valence-electron chi connectivity index (χ4n) is 4.82. The van der Waals surface area contributed by atoms with Gasteiger partial charge in [-0.1, -0.05) is 102 Å². The van der Waals surface area contributed by atoms with Gasteiger partial charge in [0.25, 0.3) is 10.0 Å². The number of amides is 2. The molecule has 0 heterocycles. The largest absolute Gasteiger partial charge is 0.352 e. The Bertz CT molecular complexity index is 1700. The van der Waals surface area contributed by atoms with Gasteiger partial charge in [-0.2, -0.15) is 0 Å². The molecule has 0 aliphatic carbocycles. The van der Waals surface area contributed by atoms with Gasteiger partial charge in [0.15, 0.2) is 0 Å². The Morgan fingerprint density at radius 2 is 1.43 bits per heavy atom. The van der Waals surface area contributed by atoms with Crippen molar-refractivity contribution in [1.82, 2.24) is 10.2 Å². The lowest BCUT2D eigenvalue weighted by atomic mass is 10.0. The molecule has 2 amide bonds. The highest BCUT2D eigenvalue weighted by atomic mass is 35.5. The average molecular weight is 653 g/mol. The lowest BCUT2D eigenvalue weighted by Crippen LogP contribution is -2.54. The zero-order valence-electron chi connectivity index (χ0n) is 24.8. The number of hydrogen-bond donors (Lipinski definition) is 1. The van der Waals surface area contributed by atoms with Crippen LogP contribution in [0.2, 0.25) is 10.0 Å². The third-order valence-electron chi connectivity index (χ3n) is 7.11. The first-order valence-electron chi connectivity index (χ1n) is 14.2. The van der Waals surface area contributed by atoms with E-state index in [1.165, 1.54) is 23.1 Å². The Kier molecular flexibility index (Phi) is 11.1. The summed E-state index contributed by atoms with van der Waals surface area (Å²) in [5.41, 5.74) is 2.67. The van der Waals surface area contributed by atoms with Gasteiger partial charge in [0, 0.05) is 19.0 Å². The minimum Gasteiger partial charge on any atom is -0.352 e. The Morgan fingerprint density at radius 3 is 2.07 bits per heavy atom. The fraction of sp³-hybridized carbons (Fsp3) is 0.235. The molecule has 0 aliphatic rings. The first kappa shape index (κ1) is 33.1. The molecular formula is C34H35Cl2N3O4S. The average Bonchev–Trinajstić information content (AvgIpc) is 3.00. The third-order valence-corrected chi connectivity index (χ3v) is 9.70. The highest BCUT2D eigenvalue weighted by Gasteiger charge is 2.35. The van der Waals surface area contributed by atoms with Crippen molar-refractivity contribution in [2.24, 2.45) is 0 Å². The van der Waals surface area contributed by atoms with Crippen molar-refractivity contribution >= 4 is 50.7 Å². The summed E-state index contributed by atoms with van der Waals surface area (Å²) in [6.07, 6.45) is 0.223. The van der Waals surface area contributed by atoms with Crippen LogP contribution < -0.4 is 9.62 Å². The van der Waals surface area contributed by atoms with Gasteiger partial charge in [-0.25, -0.2) is 8.42 Å². The van der Waals surface area contributed by atoms with Gasteiger partial charge in [-0.15, -0.1) is 0 Å². The summed E-state index contributed by atoms with van der Waals surface area (Å²) >= 11 is 12.9. The van der Waals surface area contributed by atoms with E-state index in [1.54, 1.807) is 30.3 Å². The highest BCUT2D eigenvalue weighted by molar-refractivity contribution is 7.92. The topological polar surface area (TPSA) is 86.8 Å². The standard InChI is InChI=1S/C34H35Cl2N3O4S/c1-24(2)37-34(41)31(21-26-14-6-4-7-15-26)38(22-27-16-11-10-13-25(27)3)32(40)23-39(30-20-12-19-29(35)33(30)36)44(42,43)28-17-8-5-9-18-28/h4-20,24,31H,21-23H2,1-3H3,(H,37,41)/t31-/m0/s1. The maximum atomic E-state index is 14.5. The third kappa shape index (κ3) is 8.00. The van der Waals surface area contributed by atoms with Crippen molar-refractivity contribution in [1.29, 1.82) is 0 Å². The molecule has 0 unspecified atom stereocenters. The minimum absolute atomic E-state index is 0.00897. The quantitative estimate of drug-likeness (QED) is 0.186. The number of nitrogens with zero attached hydrogens (tertiary/aromatic N) is 2. The van der Waals surface area contributed by atoms with E-state index in [2.05, 4.69) is 5.32 Å². The summed E-state index contributed by atoms with van der Waals surface area (Å²) in [6.45, 7) is 5.08. The van der Waals surface area contributed by atoms with Crippen LogP contribution >= 0.6 is 23.2 Å². The number of rotatable bonds is 12. The minimum atomic E-state index is -4.28. The van der Waals surface area contributed by atoms with Crippen LogP contribution in [0.3, 0.4) is 0 Å². The van der Waals surface area contributed by atoms with E-state index in [0.29, 0.717) is 0 Å². The molecule has 4 rings (SSSR count). The second-order valence-corrected chi connectivity index (χ2v) is 13.4. The van der Waals surface area contributed by atoms with Crippen LogP contribution in [0, 0.1) is 6.92 Å². The molecule has 4 aromatic carbocycles. The molecule has 0 bridgehead atoms. The van der Waals surface area contributed by atoms with Crippen LogP contribution in [0.5, 0.6) is 0 Å². The predicted molar refractivity (Wildman–Crippen MR) is 176 cm³/mol. The molecular weight excluding hydrogens is 617 g/mol. The van der Waals surface area contributed by atoms with Crippen molar-refractivity contribution in [3.8, 4) is 0 Å². The number of carbonyl (C=O) groups is 2. The van der Waals surface area contributed by atoms with Gasteiger partial charge >= 0.3 is 0 Å². The van der Waals surface area contributed by atoms with Crippen LogP contribution in [0.25, 0.3) is 0 Å². The van der Waals surface area contributed by atoms with Gasteiger partial charge < -0.3 is 10.2 Å². The van der Waals surface area contributed by atoms with E-state index in [0.717, 1.165) is 21.0 Å². The molecule has 230 valence electrons. The number of hydrogen-bond acceptors (Lipinski definition) is 4. The Balaban J connectivity index is 1.84. The normalized spacial score (nSPS) is 12.0. The van der Waals surface area contributed by atoms with Crippen molar-refractivity contribution in [2.45, 2.75) is 50.7 Å². The predicted octanol–water partition coefficient (Wildman–Crippen LogP) is 6.66. The van der Waals surface area contributed by atoms with Crippen LogP contribution in [0.4, 0.5) is 5.69 Å². The number of nitrogens with one attached hydrogen (secondary N) is 1. The van der Waals surface area contributed by atoms with Gasteiger partial charge in [-0.05, 0) is 61.7 Å². The van der Waals surface area contributed by atoms with E-state index in [9.17, 15) is 18.0 Å². The SMILES string of the molecule is Cc1ccccc1CN(C(=O)CN(c1cccc(Cl)c1Cl)S(=O)(=O)c1ccccc1)[C@@H](Cc1ccccc1)C(=O)NC(C)C. The number of anilines is 1. The van der Waals surface area contributed by atoms with E-state index >= 15 is 0 Å². The molecule has 1 N–H and O–H groups in total. The summed E-state index contributed by atoms with van der Waals surface area (Å²) in [6, 6.07) is 28.3. The molecule has 7 nitrogen and oxygen atoms in total. The molecule has 0 aromatic heterocycles. The van der Waals surface area contributed by atoms with Crippen molar-refractivity contribution < 1.29 is 18.0 Å². The van der Waals surface area contributed by atoms with E-state index in [4.69, 9.17) is 23.2 Å². The van der Waals surface area contributed by atoms with Crippen molar-refractivity contribution in [2.75, 3.05) is 10.8 Å². The van der Waals surface area contributed by atoms with Crippen molar-refractivity contribution in [3.05, 3.63) is 130 Å². The van der Waals surface area contributed by atoms with Crippen molar-refractivity contribution in [3.63, 3.8) is 0 Å². The summed E-state index contributed by atoms with van der Waals surface area (Å²) in [7, 11) is -4.28. The zero-order chi connectivity index (χ0) is 31.9. The molecule has 0 aliphatic heterocycles. The van der Waals surface area contributed by atoms with Gasteiger partial charge in [0.1, 0.15) is 12.6 Å². The van der Waals surface area contributed by atoms with E-state index in [-0.39, 0.29) is 45.5 Å². The zero-order valence-corrected chi connectivity index (χ0v) is 27.1. The van der Waals surface area contributed by atoms with Crippen LogP contribution in [-0.4, -0.2) is 43.8 Å². The summed E-state index contributed by atoms with van der Waals surface area (Å²) in [5.74, 6) is -0.923. The van der Waals surface area contributed by atoms with Crippen LogP contribution in [0.1, 0.15) is 30.5 Å². The second kappa shape index (κ2) is 14.8. The molecule has 0 spiro atoms. The maximum Gasteiger partial charge on any atom is 0.264 e. The number of halogens is 2. The molecule has 0 saturated heterocycles. The highest BCUT2D eigenvalue weighted by Crippen LogP contribution is 2.35. The Labute approximate surface area is 269 Å². The number of sulfonamides is 1. The lowest BCUT2D eigenvalue weighted by Gasteiger charge is -2.34. The molecule has 0 saturated carbocycles. The molecule has 4 aromatic rings. The molecule has 0 radical (unpaired) electrons. The van der Waals surface area contributed by atoms with Crippen LogP contribution in [-0.2, 0) is 32.6 Å².